The van der Waals surface area contributed by atoms with Crippen LogP contribution in [-0.2, 0) is 6.42 Å². The molecule has 1 aliphatic rings. The number of hydrogen-bond acceptors (Lipinski definition) is 1. The maximum absolute atomic E-state index is 3.47. The molecule has 0 bridgehead atoms. The van der Waals surface area contributed by atoms with Crippen molar-refractivity contribution in [2.24, 2.45) is 11.8 Å². The van der Waals surface area contributed by atoms with Crippen molar-refractivity contribution in [3.05, 3.63) is 34.9 Å². The zero-order valence-corrected chi connectivity index (χ0v) is 10.7. The normalized spacial score (nSPS) is 25.7. The van der Waals surface area contributed by atoms with E-state index in [9.17, 15) is 0 Å². The Labute approximate surface area is 99.3 Å². The van der Waals surface area contributed by atoms with E-state index in [-0.39, 0.29) is 0 Å². The van der Waals surface area contributed by atoms with Crippen LogP contribution in [0.15, 0.2) is 18.2 Å². The van der Waals surface area contributed by atoms with Crippen LogP contribution in [-0.4, -0.2) is 13.1 Å². The lowest BCUT2D eigenvalue weighted by atomic mass is 9.83. The highest BCUT2D eigenvalue weighted by Gasteiger charge is 2.21. The van der Waals surface area contributed by atoms with Crippen LogP contribution in [0.5, 0.6) is 0 Å². The largest absolute Gasteiger partial charge is 0.316 e. The van der Waals surface area contributed by atoms with E-state index in [0.717, 1.165) is 11.8 Å². The van der Waals surface area contributed by atoms with E-state index >= 15 is 0 Å². The van der Waals surface area contributed by atoms with E-state index in [2.05, 4.69) is 44.3 Å². The predicted octanol–water partition coefficient (Wildman–Crippen LogP) is 3.09. The van der Waals surface area contributed by atoms with Gasteiger partial charge < -0.3 is 5.32 Å². The number of benzene rings is 1. The van der Waals surface area contributed by atoms with Crippen LogP contribution in [0.4, 0.5) is 0 Å². The first-order valence-corrected chi connectivity index (χ1v) is 6.43. The molecular weight excluding hydrogens is 194 g/mol. The smallest absolute Gasteiger partial charge is 0.00204 e. The molecule has 1 fully saturated rings. The van der Waals surface area contributed by atoms with Crippen LogP contribution in [0.3, 0.4) is 0 Å². The Balaban J connectivity index is 2.07. The van der Waals surface area contributed by atoms with Crippen molar-refractivity contribution >= 4 is 0 Å². The monoisotopic (exact) mass is 217 g/mol. The van der Waals surface area contributed by atoms with Crippen LogP contribution in [0.2, 0.25) is 0 Å². The van der Waals surface area contributed by atoms with Gasteiger partial charge in [-0.2, -0.15) is 0 Å². The van der Waals surface area contributed by atoms with Crippen LogP contribution in [0.25, 0.3) is 0 Å². The third kappa shape index (κ3) is 2.85. The van der Waals surface area contributed by atoms with Gasteiger partial charge in [-0.3, -0.25) is 0 Å². The fourth-order valence-corrected chi connectivity index (χ4v) is 2.86. The van der Waals surface area contributed by atoms with Gasteiger partial charge in [-0.05, 0) is 57.2 Å². The van der Waals surface area contributed by atoms with Gasteiger partial charge in [0, 0.05) is 0 Å². The van der Waals surface area contributed by atoms with E-state index in [0.29, 0.717) is 0 Å². The zero-order valence-electron chi connectivity index (χ0n) is 10.7. The molecule has 2 unspecified atom stereocenters. The molecule has 1 N–H and O–H groups in total. The van der Waals surface area contributed by atoms with Gasteiger partial charge in [-0.1, -0.05) is 36.2 Å². The molecule has 16 heavy (non-hydrogen) atoms. The molecule has 1 aromatic carbocycles. The molecule has 0 amide bonds. The molecule has 1 saturated heterocycles. The van der Waals surface area contributed by atoms with Crippen LogP contribution < -0.4 is 5.32 Å². The van der Waals surface area contributed by atoms with E-state index in [1.165, 1.54) is 42.6 Å². The van der Waals surface area contributed by atoms with Crippen molar-refractivity contribution in [3.8, 4) is 0 Å². The minimum absolute atomic E-state index is 0.814. The van der Waals surface area contributed by atoms with Gasteiger partial charge in [-0.15, -0.1) is 0 Å². The number of nitrogens with one attached hydrogen (secondary N) is 1. The molecular formula is C15H23N. The highest BCUT2D eigenvalue weighted by atomic mass is 14.9. The lowest BCUT2D eigenvalue weighted by Crippen LogP contribution is -2.35. The Morgan fingerprint density at radius 1 is 1.19 bits per heavy atom. The van der Waals surface area contributed by atoms with Gasteiger partial charge >= 0.3 is 0 Å². The second kappa shape index (κ2) is 5.01. The fraction of sp³-hybridized carbons (Fsp3) is 0.600. The maximum atomic E-state index is 3.47. The lowest BCUT2D eigenvalue weighted by Gasteiger charge is -2.29. The maximum Gasteiger partial charge on any atom is -0.00204 e. The highest BCUT2D eigenvalue weighted by molar-refractivity contribution is 5.28. The first kappa shape index (κ1) is 11.7. The SMILES string of the molecule is Cc1cc(C)cc(CC2CCNCC2C)c1. The van der Waals surface area contributed by atoms with Crippen molar-refractivity contribution in [2.75, 3.05) is 13.1 Å². The standard InChI is InChI=1S/C15H23N/c1-11-6-12(2)8-14(7-11)9-15-4-5-16-10-13(15)3/h6-8,13,15-16H,4-5,9-10H2,1-3H3. The van der Waals surface area contributed by atoms with Gasteiger partial charge in [0.1, 0.15) is 0 Å². The predicted molar refractivity (Wildman–Crippen MR) is 69.8 cm³/mol. The Hall–Kier alpha value is -0.820. The molecule has 1 heteroatoms. The molecule has 0 spiro atoms. The quantitative estimate of drug-likeness (QED) is 0.802. The molecule has 1 aliphatic heterocycles. The van der Waals surface area contributed by atoms with Gasteiger partial charge in [-0.25, -0.2) is 0 Å². The lowest BCUT2D eigenvalue weighted by molar-refractivity contribution is 0.272. The summed E-state index contributed by atoms with van der Waals surface area (Å²) in [4.78, 5) is 0. The molecule has 0 radical (unpaired) electrons. The summed E-state index contributed by atoms with van der Waals surface area (Å²) in [5.74, 6) is 1.68. The van der Waals surface area contributed by atoms with Crippen molar-refractivity contribution in [1.29, 1.82) is 0 Å². The van der Waals surface area contributed by atoms with Crippen LogP contribution in [0, 0.1) is 25.7 Å². The highest BCUT2D eigenvalue weighted by Crippen LogP contribution is 2.24. The third-order valence-electron chi connectivity index (χ3n) is 3.74. The second-order valence-corrected chi connectivity index (χ2v) is 5.43. The summed E-state index contributed by atoms with van der Waals surface area (Å²) in [6.07, 6.45) is 2.58. The van der Waals surface area contributed by atoms with E-state index in [1.54, 1.807) is 0 Å². The van der Waals surface area contributed by atoms with Gasteiger partial charge in [0.15, 0.2) is 0 Å². The molecule has 0 saturated carbocycles. The Morgan fingerprint density at radius 2 is 1.88 bits per heavy atom. The minimum Gasteiger partial charge on any atom is -0.316 e. The molecule has 2 atom stereocenters. The van der Waals surface area contributed by atoms with Crippen molar-refractivity contribution in [3.63, 3.8) is 0 Å². The summed E-state index contributed by atoms with van der Waals surface area (Å²) in [5, 5.41) is 3.47. The summed E-state index contributed by atoms with van der Waals surface area (Å²) in [7, 11) is 0. The van der Waals surface area contributed by atoms with Crippen LogP contribution >= 0.6 is 0 Å². The molecule has 1 heterocycles. The Bertz CT molecular complexity index is 336. The second-order valence-electron chi connectivity index (χ2n) is 5.43. The van der Waals surface area contributed by atoms with Gasteiger partial charge in [0.25, 0.3) is 0 Å². The minimum atomic E-state index is 0.814. The molecule has 0 aromatic heterocycles. The average Bonchev–Trinajstić information content (AvgIpc) is 2.20. The summed E-state index contributed by atoms with van der Waals surface area (Å²) in [6, 6.07) is 6.96. The first-order valence-electron chi connectivity index (χ1n) is 6.43. The fourth-order valence-electron chi connectivity index (χ4n) is 2.86. The number of hydrogen-bond donors (Lipinski definition) is 1. The third-order valence-corrected chi connectivity index (χ3v) is 3.74. The Morgan fingerprint density at radius 3 is 2.50 bits per heavy atom. The first-order chi connectivity index (χ1) is 7.65. The molecule has 88 valence electrons. The summed E-state index contributed by atoms with van der Waals surface area (Å²) in [6.45, 7) is 9.15. The van der Waals surface area contributed by atoms with E-state index in [4.69, 9.17) is 0 Å². The van der Waals surface area contributed by atoms with E-state index in [1.807, 2.05) is 0 Å². The molecule has 2 rings (SSSR count). The topological polar surface area (TPSA) is 12.0 Å². The Kier molecular flexibility index (Phi) is 3.65. The van der Waals surface area contributed by atoms with Crippen molar-refractivity contribution in [1.82, 2.24) is 5.32 Å². The van der Waals surface area contributed by atoms with E-state index < -0.39 is 0 Å². The van der Waals surface area contributed by atoms with Gasteiger partial charge in [0.05, 0.1) is 0 Å². The summed E-state index contributed by atoms with van der Waals surface area (Å²) >= 11 is 0. The van der Waals surface area contributed by atoms with Crippen molar-refractivity contribution < 1.29 is 0 Å². The summed E-state index contributed by atoms with van der Waals surface area (Å²) < 4.78 is 0. The summed E-state index contributed by atoms with van der Waals surface area (Å²) in [5.41, 5.74) is 4.32. The van der Waals surface area contributed by atoms with Crippen molar-refractivity contribution in [2.45, 2.75) is 33.6 Å². The zero-order chi connectivity index (χ0) is 11.5. The number of piperidine rings is 1. The molecule has 0 aliphatic carbocycles. The average molecular weight is 217 g/mol. The number of aryl methyl sites for hydroxylation is 2. The molecule has 1 nitrogen and oxygen atoms in total. The van der Waals surface area contributed by atoms with Crippen LogP contribution in [0.1, 0.15) is 30.0 Å². The molecule has 1 aromatic rings. The van der Waals surface area contributed by atoms with Gasteiger partial charge in [0.2, 0.25) is 0 Å². The number of rotatable bonds is 2.